The van der Waals surface area contributed by atoms with Crippen LogP contribution in [0.2, 0.25) is 0 Å². The second kappa shape index (κ2) is 10.1. The second-order valence-corrected chi connectivity index (χ2v) is 14.5. The molecule has 2 saturated carbocycles. The van der Waals surface area contributed by atoms with Crippen molar-refractivity contribution in [2.45, 2.75) is 56.0 Å². The molecular weight excluding hydrogens is 572 g/mol. The van der Waals surface area contributed by atoms with Crippen LogP contribution in [0.25, 0.3) is 0 Å². The number of benzene rings is 2. The van der Waals surface area contributed by atoms with E-state index in [9.17, 15) is 24.3 Å². The highest BCUT2D eigenvalue weighted by Gasteiger charge is 2.70. The summed E-state index contributed by atoms with van der Waals surface area (Å²) in [6, 6.07) is 15.0. The van der Waals surface area contributed by atoms with Crippen molar-refractivity contribution < 1.29 is 24.2 Å². The number of aliphatic carboxylic acids is 1. The number of H-pyrrole nitrogens is 1. The number of hydrogen-bond acceptors (Lipinski definition) is 7. The molecule has 2 amide bonds. The Labute approximate surface area is 251 Å². The van der Waals surface area contributed by atoms with E-state index in [1.165, 1.54) is 16.9 Å². The van der Waals surface area contributed by atoms with E-state index in [0.717, 1.165) is 38.1 Å². The number of thioether (sulfide) groups is 1. The zero-order valence-corrected chi connectivity index (χ0v) is 25.1. The number of aromatic amines is 1. The van der Waals surface area contributed by atoms with Crippen LogP contribution in [0.3, 0.4) is 0 Å². The van der Waals surface area contributed by atoms with Gasteiger partial charge in [-0.3, -0.25) is 19.3 Å². The lowest BCUT2D eigenvalue weighted by Gasteiger charge is -2.43. The molecule has 1 saturated heterocycles. The van der Waals surface area contributed by atoms with Crippen LogP contribution in [0.1, 0.15) is 47.8 Å². The first-order chi connectivity index (χ1) is 20.2. The number of rotatable bonds is 7. The lowest BCUT2D eigenvalue weighted by atomic mass is 9.68. The summed E-state index contributed by atoms with van der Waals surface area (Å²) in [5.74, 6) is -2.63. The van der Waals surface area contributed by atoms with Gasteiger partial charge in [0.25, 0.3) is 0 Å². The Bertz CT molecular complexity index is 1640. The van der Waals surface area contributed by atoms with Crippen LogP contribution >= 0.6 is 23.1 Å². The van der Waals surface area contributed by atoms with Gasteiger partial charge >= 0.3 is 10.8 Å². The van der Waals surface area contributed by atoms with Gasteiger partial charge in [-0.05, 0) is 65.8 Å². The van der Waals surface area contributed by atoms with Gasteiger partial charge in [0.2, 0.25) is 11.8 Å². The number of fused-ring (bicyclic) bond motifs is 9. The van der Waals surface area contributed by atoms with E-state index in [2.05, 4.69) is 36.2 Å². The fourth-order valence-corrected chi connectivity index (χ4v) is 11.0. The molecule has 218 valence electrons. The first kappa shape index (κ1) is 27.5. The lowest BCUT2D eigenvalue weighted by molar-refractivity contribution is -0.157. The summed E-state index contributed by atoms with van der Waals surface area (Å²) >= 11 is 2.85. The minimum Gasteiger partial charge on any atom is -0.489 e. The Kier molecular flexibility index (Phi) is 6.62. The average Bonchev–Trinajstić information content (AvgIpc) is 3.68. The Morgan fingerprint density at radius 3 is 2.40 bits per heavy atom. The van der Waals surface area contributed by atoms with Crippen molar-refractivity contribution in [3.8, 4) is 5.75 Å². The maximum atomic E-state index is 13.8. The first-order valence-corrected chi connectivity index (χ1v) is 16.1. The topological polar surface area (TPSA) is 117 Å². The second-order valence-electron chi connectivity index (χ2n) is 12.3. The number of nitrogens with one attached hydrogen (secondary N) is 1. The van der Waals surface area contributed by atoms with E-state index in [-0.39, 0.29) is 51.5 Å². The molecule has 10 heteroatoms. The van der Waals surface area contributed by atoms with Gasteiger partial charge in [-0.25, -0.2) is 4.79 Å². The molecule has 7 unspecified atom stereocenters. The molecule has 3 fully saturated rings. The van der Waals surface area contributed by atoms with Crippen LogP contribution in [0, 0.1) is 42.4 Å². The Hall–Kier alpha value is -3.37. The van der Waals surface area contributed by atoms with E-state index in [0.29, 0.717) is 6.61 Å². The summed E-state index contributed by atoms with van der Waals surface area (Å²) in [4.78, 5) is 57.1. The fraction of sp³-hybridized carbons (Fsp3) is 0.438. The van der Waals surface area contributed by atoms with Crippen LogP contribution < -0.4 is 9.61 Å². The Morgan fingerprint density at radius 2 is 1.74 bits per heavy atom. The van der Waals surface area contributed by atoms with Crippen molar-refractivity contribution in [1.82, 2.24) is 9.88 Å². The number of nitrogens with zero attached hydrogens (tertiary/aromatic N) is 1. The van der Waals surface area contributed by atoms with Gasteiger partial charge in [0, 0.05) is 16.0 Å². The van der Waals surface area contributed by atoms with Crippen molar-refractivity contribution >= 4 is 40.9 Å². The number of imide groups is 1. The molecule has 8 nitrogen and oxygen atoms in total. The predicted molar refractivity (Wildman–Crippen MR) is 159 cm³/mol. The third kappa shape index (κ3) is 4.09. The summed E-state index contributed by atoms with van der Waals surface area (Å²) in [7, 11) is 0. The molecule has 2 bridgehead atoms. The highest BCUT2D eigenvalue weighted by molar-refractivity contribution is 8.00. The third-order valence-electron chi connectivity index (χ3n) is 9.82. The normalized spacial score (nSPS) is 29.9. The maximum Gasteiger partial charge on any atom is 0.327 e. The largest absolute Gasteiger partial charge is 0.489 e. The van der Waals surface area contributed by atoms with E-state index in [1.54, 1.807) is 25.6 Å². The van der Waals surface area contributed by atoms with Gasteiger partial charge in [-0.1, -0.05) is 61.6 Å². The molecule has 2 aliphatic carbocycles. The van der Waals surface area contributed by atoms with E-state index < -0.39 is 23.8 Å². The van der Waals surface area contributed by atoms with Crippen molar-refractivity contribution in [1.29, 1.82) is 0 Å². The SMILES string of the molecule is Cc1ccccc1COc1ccc([C@H]2c3sc(=O)[nH]c3SC3C4CC(C5C(=O)N(C(C(=O)O)C(C)C)C(=O)C45)C32)cc1. The van der Waals surface area contributed by atoms with E-state index in [1.807, 2.05) is 24.3 Å². The number of carbonyl (C=O) groups excluding carboxylic acids is 2. The summed E-state index contributed by atoms with van der Waals surface area (Å²) < 4.78 is 6.09. The molecule has 2 N–H and O–H groups in total. The number of thiazole rings is 1. The van der Waals surface area contributed by atoms with Crippen LogP contribution in [0.4, 0.5) is 0 Å². The van der Waals surface area contributed by atoms with Gasteiger partial charge in [0.15, 0.2) is 0 Å². The van der Waals surface area contributed by atoms with Gasteiger partial charge in [0.05, 0.1) is 16.9 Å². The minimum atomic E-state index is -1.16. The van der Waals surface area contributed by atoms with Crippen LogP contribution in [-0.4, -0.2) is 44.1 Å². The monoisotopic (exact) mass is 604 g/mol. The lowest BCUT2D eigenvalue weighted by Crippen LogP contribution is -2.49. The quantitative estimate of drug-likeness (QED) is 0.368. The number of amides is 2. The number of ether oxygens (including phenoxy) is 1. The predicted octanol–water partition coefficient (Wildman–Crippen LogP) is 4.91. The average molecular weight is 605 g/mol. The fourth-order valence-electron chi connectivity index (χ4n) is 8.09. The van der Waals surface area contributed by atoms with Gasteiger partial charge in [0.1, 0.15) is 18.4 Å². The number of hydrogen-bond donors (Lipinski definition) is 2. The molecule has 42 heavy (non-hydrogen) atoms. The minimum absolute atomic E-state index is 0.0474. The maximum absolute atomic E-state index is 13.8. The highest BCUT2D eigenvalue weighted by atomic mass is 32.2. The molecule has 8 atom stereocenters. The molecule has 0 spiro atoms. The smallest absolute Gasteiger partial charge is 0.327 e. The zero-order valence-electron chi connectivity index (χ0n) is 23.5. The standard InChI is InChI=1S/C32H32N2O6S2/c1-14(2)25(31(37)38)34-29(35)23-19-12-20(24(23)30(34)36)26-22(19)21(27-28(41-26)33-32(39)42-27)16-8-10-18(11-9-16)40-13-17-7-5-4-6-15(17)3/h4-11,14,19-26H,12-13H2,1-3H3,(H,33,39)(H,37,38)/t19?,20?,21-,22?,23?,24?,25?,26?/m1/s1. The molecule has 2 aromatic carbocycles. The van der Waals surface area contributed by atoms with Gasteiger partial charge in [-0.15, -0.1) is 11.8 Å². The Balaban J connectivity index is 1.21. The number of aromatic nitrogens is 1. The number of likely N-dealkylation sites (tertiary alicyclic amines) is 1. The third-order valence-corrected chi connectivity index (χ3v) is 12.4. The first-order valence-electron chi connectivity index (χ1n) is 14.4. The van der Waals surface area contributed by atoms with Crippen molar-refractivity contribution in [2.24, 2.45) is 35.5 Å². The molecular formula is C32H32N2O6S2. The number of carboxylic acids is 1. The van der Waals surface area contributed by atoms with Crippen LogP contribution in [0.5, 0.6) is 5.75 Å². The van der Waals surface area contributed by atoms with E-state index in [4.69, 9.17) is 4.74 Å². The number of carboxylic acid groups (broad SMARTS) is 1. The number of aryl methyl sites for hydroxylation is 1. The molecule has 2 aliphatic heterocycles. The van der Waals surface area contributed by atoms with Crippen molar-refractivity contribution in [3.05, 3.63) is 79.8 Å². The van der Waals surface area contributed by atoms with Gasteiger partial charge < -0.3 is 14.8 Å². The van der Waals surface area contributed by atoms with Crippen molar-refractivity contribution in [3.63, 3.8) is 0 Å². The molecule has 0 radical (unpaired) electrons. The molecule has 7 rings (SSSR count). The zero-order chi connectivity index (χ0) is 29.4. The van der Waals surface area contributed by atoms with Gasteiger partial charge in [-0.2, -0.15) is 0 Å². The molecule has 4 aliphatic rings. The Morgan fingerprint density at radius 1 is 1.05 bits per heavy atom. The summed E-state index contributed by atoms with van der Waals surface area (Å²) in [5, 5.41) is 10.8. The molecule has 3 aromatic rings. The number of carbonyl (C=O) groups is 3. The molecule has 1 aromatic heterocycles. The highest BCUT2D eigenvalue weighted by Crippen LogP contribution is 2.68. The van der Waals surface area contributed by atoms with Crippen LogP contribution in [-0.2, 0) is 21.0 Å². The summed E-state index contributed by atoms with van der Waals surface area (Å²) in [6.45, 7) is 5.99. The summed E-state index contributed by atoms with van der Waals surface area (Å²) in [5.41, 5.74) is 3.35. The summed E-state index contributed by atoms with van der Waals surface area (Å²) in [6.07, 6.45) is 0.760. The van der Waals surface area contributed by atoms with E-state index >= 15 is 0 Å². The van der Waals surface area contributed by atoms with Crippen molar-refractivity contribution in [2.75, 3.05) is 0 Å². The van der Waals surface area contributed by atoms with Crippen LogP contribution in [0.15, 0.2) is 58.4 Å². The molecule has 3 heterocycles.